The normalized spacial score (nSPS) is 10.4. The Balaban J connectivity index is 1.74. The first kappa shape index (κ1) is 15.5. The molecule has 0 aliphatic rings. The summed E-state index contributed by atoms with van der Waals surface area (Å²) in [6.45, 7) is 2.70. The number of aromatic nitrogens is 1. The molecule has 114 valence electrons. The number of carbonyl (C=O) groups excluding carboxylic acids is 1. The van der Waals surface area contributed by atoms with Gasteiger partial charge in [-0.25, -0.2) is 5.43 Å². The summed E-state index contributed by atoms with van der Waals surface area (Å²) in [5.41, 5.74) is 4.11. The van der Waals surface area contributed by atoms with Crippen molar-refractivity contribution in [3.63, 3.8) is 0 Å². The number of amides is 1. The molecule has 2 rings (SSSR count). The van der Waals surface area contributed by atoms with Gasteiger partial charge in [0.05, 0.1) is 19.4 Å². The van der Waals surface area contributed by atoms with E-state index in [0.717, 1.165) is 17.0 Å². The van der Waals surface area contributed by atoms with Crippen LogP contribution in [-0.4, -0.2) is 30.3 Å². The van der Waals surface area contributed by atoms with Gasteiger partial charge in [0.25, 0.3) is 5.91 Å². The molecule has 0 bridgehead atoms. The third-order valence-corrected chi connectivity index (χ3v) is 2.71. The second kappa shape index (κ2) is 8.41. The van der Waals surface area contributed by atoms with E-state index < -0.39 is 0 Å². The molecule has 1 heterocycles. The molecule has 1 amide bonds. The molecule has 0 spiro atoms. The van der Waals surface area contributed by atoms with E-state index in [9.17, 15) is 4.79 Å². The molecule has 1 aromatic carbocycles. The van der Waals surface area contributed by atoms with Gasteiger partial charge in [0.15, 0.2) is 0 Å². The quantitative estimate of drug-likeness (QED) is 0.606. The second-order valence-electron chi connectivity index (χ2n) is 4.39. The van der Waals surface area contributed by atoms with Crippen LogP contribution in [0.1, 0.15) is 12.5 Å². The Morgan fingerprint density at radius 3 is 2.82 bits per heavy atom. The molecule has 0 saturated carbocycles. The lowest BCUT2D eigenvalue weighted by Crippen LogP contribution is -2.25. The molecular weight excluding hydrogens is 280 g/mol. The van der Waals surface area contributed by atoms with Crippen molar-refractivity contribution >= 4 is 17.8 Å². The van der Waals surface area contributed by atoms with Crippen molar-refractivity contribution < 1.29 is 9.53 Å². The lowest BCUT2D eigenvalue weighted by molar-refractivity contribution is -0.119. The lowest BCUT2D eigenvalue weighted by Gasteiger charge is -2.07. The molecule has 22 heavy (non-hydrogen) atoms. The number of pyridine rings is 1. The molecule has 0 fully saturated rings. The summed E-state index contributed by atoms with van der Waals surface area (Å²) < 4.78 is 5.35. The molecule has 0 saturated heterocycles. The molecule has 6 heteroatoms. The number of carbonyl (C=O) groups is 1. The van der Waals surface area contributed by atoms with Crippen LogP contribution in [-0.2, 0) is 4.79 Å². The molecule has 0 atom stereocenters. The number of nitrogens with zero attached hydrogens (tertiary/aromatic N) is 2. The van der Waals surface area contributed by atoms with Gasteiger partial charge in [-0.15, -0.1) is 0 Å². The monoisotopic (exact) mass is 298 g/mol. The van der Waals surface area contributed by atoms with Crippen molar-refractivity contribution in [2.75, 3.05) is 18.5 Å². The first-order chi connectivity index (χ1) is 10.8. The van der Waals surface area contributed by atoms with Crippen LogP contribution in [0.15, 0.2) is 53.9 Å². The van der Waals surface area contributed by atoms with E-state index in [-0.39, 0.29) is 12.5 Å². The van der Waals surface area contributed by atoms with Crippen molar-refractivity contribution in [3.05, 3.63) is 54.4 Å². The standard InChI is InChI=1S/C16H18N4O2/c1-2-22-15-7-5-14(6-8-15)18-12-16(21)20-19-11-13-4-3-9-17-10-13/h3-11,18H,2,12H2,1H3,(H,20,21)/b19-11-. The number of benzene rings is 1. The average molecular weight is 298 g/mol. The fourth-order valence-electron chi connectivity index (χ4n) is 1.69. The molecule has 0 unspecified atom stereocenters. The summed E-state index contributed by atoms with van der Waals surface area (Å²) in [5, 5.41) is 6.88. The summed E-state index contributed by atoms with van der Waals surface area (Å²) in [6, 6.07) is 11.1. The van der Waals surface area contributed by atoms with E-state index in [0.29, 0.717) is 6.61 Å². The van der Waals surface area contributed by atoms with E-state index in [1.54, 1.807) is 24.7 Å². The van der Waals surface area contributed by atoms with Crippen LogP contribution in [0.3, 0.4) is 0 Å². The van der Waals surface area contributed by atoms with E-state index in [2.05, 4.69) is 20.8 Å². The van der Waals surface area contributed by atoms with Crippen LogP contribution >= 0.6 is 0 Å². The first-order valence-corrected chi connectivity index (χ1v) is 6.96. The number of hydrazone groups is 1. The summed E-state index contributed by atoms with van der Waals surface area (Å²) in [5.74, 6) is 0.576. The highest BCUT2D eigenvalue weighted by atomic mass is 16.5. The van der Waals surface area contributed by atoms with Gasteiger partial charge in [-0.2, -0.15) is 5.10 Å². The van der Waals surface area contributed by atoms with Crippen molar-refractivity contribution in [2.24, 2.45) is 5.10 Å². The fourth-order valence-corrected chi connectivity index (χ4v) is 1.69. The smallest absolute Gasteiger partial charge is 0.259 e. The van der Waals surface area contributed by atoms with Crippen LogP contribution in [0, 0.1) is 0 Å². The summed E-state index contributed by atoms with van der Waals surface area (Å²) >= 11 is 0. The van der Waals surface area contributed by atoms with E-state index in [1.165, 1.54) is 0 Å². The minimum absolute atomic E-state index is 0.137. The van der Waals surface area contributed by atoms with Gasteiger partial charge in [0.1, 0.15) is 5.75 Å². The summed E-state index contributed by atoms with van der Waals surface area (Å²) in [7, 11) is 0. The number of rotatable bonds is 7. The van der Waals surface area contributed by atoms with E-state index >= 15 is 0 Å². The molecule has 0 radical (unpaired) electrons. The Morgan fingerprint density at radius 2 is 2.14 bits per heavy atom. The maximum absolute atomic E-state index is 11.6. The van der Waals surface area contributed by atoms with Gasteiger partial charge in [-0.1, -0.05) is 6.07 Å². The Hall–Kier alpha value is -2.89. The van der Waals surface area contributed by atoms with Gasteiger partial charge >= 0.3 is 0 Å². The zero-order valence-corrected chi connectivity index (χ0v) is 12.3. The van der Waals surface area contributed by atoms with Crippen LogP contribution in [0.2, 0.25) is 0 Å². The zero-order chi connectivity index (χ0) is 15.6. The van der Waals surface area contributed by atoms with Crippen molar-refractivity contribution in [3.8, 4) is 5.75 Å². The van der Waals surface area contributed by atoms with Crippen LogP contribution in [0.4, 0.5) is 5.69 Å². The van der Waals surface area contributed by atoms with Crippen molar-refractivity contribution in [1.29, 1.82) is 0 Å². The Morgan fingerprint density at radius 1 is 1.32 bits per heavy atom. The molecule has 1 aromatic heterocycles. The highest BCUT2D eigenvalue weighted by Crippen LogP contribution is 2.15. The number of hydrogen-bond acceptors (Lipinski definition) is 5. The molecule has 2 aromatic rings. The highest BCUT2D eigenvalue weighted by molar-refractivity contribution is 5.84. The van der Waals surface area contributed by atoms with Crippen molar-refractivity contribution in [2.45, 2.75) is 6.92 Å². The lowest BCUT2D eigenvalue weighted by atomic mass is 10.3. The maximum atomic E-state index is 11.6. The molecule has 0 aliphatic heterocycles. The zero-order valence-electron chi connectivity index (χ0n) is 12.3. The molecule has 6 nitrogen and oxygen atoms in total. The fraction of sp³-hybridized carbons (Fsp3) is 0.188. The maximum Gasteiger partial charge on any atom is 0.259 e. The van der Waals surface area contributed by atoms with E-state index in [4.69, 9.17) is 4.74 Å². The Labute approximate surface area is 129 Å². The third-order valence-electron chi connectivity index (χ3n) is 2.71. The summed E-state index contributed by atoms with van der Waals surface area (Å²) in [4.78, 5) is 15.6. The molecular formula is C16H18N4O2. The average Bonchev–Trinajstić information content (AvgIpc) is 2.55. The second-order valence-corrected chi connectivity index (χ2v) is 4.39. The van der Waals surface area contributed by atoms with Gasteiger partial charge < -0.3 is 10.1 Å². The topological polar surface area (TPSA) is 75.6 Å². The minimum atomic E-state index is -0.228. The summed E-state index contributed by atoms with van der Waals surface area (Å²) in [6.07, 6.45) is 4.88. The first-order valence-electron chi connectivity index (χ1n) is 6.96. The van der Waals surface area contributed by atoms with Gasteiger partial charge in [-0.05, 0) is 37.3 Å². The number of hydrogen-bond donors (Lipinski definition) is 2. The Bertz CT molecular complexity index is 612. The predicted octanol–water partition coefficient (Wildman–Crippen LogP) is 2.04. The predicted molar refractivity (Wildman–Crippen MR) is 86.1 cm³/mol. The van der Waals surface area contributed by atoms with Crippen LogP contribution in [0.25, 0.3) is 0 Å². The molecule has 0 aliphatic carbocycles. The van der Waals surface area contributed by atoms with Crippen LogP contribution in [0.5, 0.6) is 5.75 Å². The minimum Gasteiger partial charge on any atom is -0.494 e. The molecule has 2 N–H and O–H groups in total. The Kier molecular flexibility index (Phi) is 5.92. The number of nitrogens with one attached hydrogen (secondary N) is 2. The SMILES string of the molecule is CCOc1ccc(NCC(=O)N/N=C\c2cccnc2)cc1. The highest BCUT2D eigenvalue weighted by Gasteiger charge is 2.00. The number of ether oxygens (including phenoxy) is 1. The van der Waals surface area contributed by atoms with Crippen LogP contribution < -0.4 is 15.5 Å². The van der Waals surface area contributed by atoms with Gasteiger partial charge in [-0.3, -0.25) is 9.78 Å². The van der Waals surface area contributed by atoms with E-state index in [1.807, 2.05) is 37.3 Å². The van der Waals surface area contributed by atoms with Gasteiger partial charge in [0, 0.05) is 23.6 Å². The number of anilines is 1. The third kappa shape index (κ3) is 5.24. The van der Waals surface area contributed by atoms with Gasteiger partial charge in [0.2, 0.25) is 0 Å². The largest absolute Gasteiger partial charge is 0.494 e. The van der Waals surface area contributed by atoms with Crippen molar-refractivity contribution in [1.82, 2.24) is 10.4 Å².